The van der Waals surface area contributed by atoms with E-state index >= 15 is 0 Å². The number of aromatic nitrogens is 2. The molecular weight excluding hydrogens is 256 g/mol. The summed E-state index contributed by atoms with van der Waals surface area (Å²) in [5.74, 6) is 0. The summed E-state index contributed by atoms with van der Waals surface area (Å²) in [7, 11) is 1.82. The number of aryl methyl sites for hydroxylation is 1. The third-order valence-corrected chi connectivity index (χ3v) is 2.69. The number of carbonyl (C=O) groups excluding carboxylic acids is 1. The molecule has 1 aromatic carbocycles. The van der Waals surface area contributed by atoms with Gasteiger partial charge in [0.25, 0.3) is 0 Å². The van der Waals surface area contributed by atoms with E-state index in [9.17, 15) is 4.79 Å². The number of benzene rings is 1. The third kappa shape index (κ3) is 1.85. The molecule has 0 N–H and O–H groups in total. The lowest BCUT2D eigenvalue weighted by atomic mass is 10.1. The van der Waals surface area contributed by atoms with E-state index in [-0.39, 0.29) is 0 Å². The Kier molecular flexibility index (Phi) is 2.68. The van der Waals surface area contributed by atoms with Crippen LogP contribution in [-0.2, 0) is 7.05 Å². The fourth-order valence-electron chi connectivity index (χ4n) is 1.53. The number of carbonyl (C=O) groups is 1. The van der Waals surface area contributed by atoms with Crippen LogP contribution < -0.4 is 0 Å². The van der Waals surface area contributed by atoms with Crippen molar-refractivity contribution in [3.05, 3.63) is 40.5 Å². The summed E-state index contributed by atoms with van der Waals surface area (Å²) in [5.41, 5.74) is 2.42. The second-order valence-electron chi connectivity index (χ2n) is 3.20. The highest BCUT2D eigenvalue weighted by atomic mass is 79.9. The minimum atomic E-state index is 0.607. The zero-order valence-electron chi connectivity index (χ0n) is 8.14. The van der Waals surface area contributed by atoms with Crippen molar-refractivity contribution in [2.24, 2.45) is 7.05 Å². The lowest BCUT2D eigenvalue weighted by molar-refractivity contribution is 0.112. The molecule has 0 saturated heterocycles. The Hall–Kier alpha value is -1.42. The van der Waals surface area contributed by atoms with Crippen molar-refractivity contribution in [2.45, 2.75) is 0 Å². The van der Waals surface area contributed by atoms with Gasteiger partial charge in [-0.15, -0.1) is 0 Å². The fraction of sp³-hybridized carbons (Fsp3) is 0.0909. The van der Waals surface area contributed by atoms with Gasteiger partial charge in [0.1, 0.15) is 0 Å². The Balaban J connectivity index is 2.62. The van der Waals surface area contributed by atoms with Gasteiger partial charge < -0.3 is 0 Å². The molecule has 15 heavy (non-hydrogen) atoms. The van der Waals surface area contributed by atoms with Crippen LogP contribution in [0.1, 0.15) is 10.4 Å². The van der Waals surface area contributed by atoms with Crippen LogP contribution >= 0.6 is 15.9 Å². The molecule has 0 amide bonds. The molecule has 0 bridgehead atoms. The molecule has 0 atom stereocenters. The van der Waals surface area contributed by atoms with Crippen LogP contribution in [0.4, 0.5) is 0 Å². The minimum absolute atomic E-state index is 0.607. The second-order valence-corrected chi connectivity index (χ2v) is 4.12. The minimum Gasteiger partial charge on any atom is -0.298 e. The summed E-state index contributed by atoms with van der Waals surface area (Å²) in [4.78, 5) is 10.8. The summed E-state index contributed by atoms with van der Waals surface area (Å²) in [6.45, 7) is 0. The molecule has 0 aliphatic carbocycles. The Bertz CT molecular complexity index is 505. The van der Waals surface area contributed by atoms with E-state index in [0.29, 0.717) is 5.56 Å². The molecule has 0 saturated carbocycles. The van der Waals surface area contributed by atoms with Crippen LogP contribution in [0.5, 0.6) is 0 Å². The predicted molar refractivity (Wildman–Crippen MR) is 61.7 cm³/mol. The smallest absolute Gasteiger partial charge is 0.153 e. The molecule has 0 aliphatic rings. The van der Waals surface area contributed by atoms with E-state index in [0.717, 1.165) is 22.0 Å². The molecule has 76 valence electrons. The zero-order valence-corrected chi connectivity index (χ0v) is 9.73. The molecule has 0 spiro atoms. The van der Waals surface area contributed by atoms with Crippen LogP contribution in [0.25, 0.3) is 11.3 Å². The summed E-state index contributed by atoms with van der Waals surface area (Å²) in [5, 5.41) is 4.06. The van der Waals surface area contributed by atoms with Crippen molar-refractivity contribution in [3.8, 4) is 11.3 Å². The quantitative estimate of drug-likeness (QED) is 0.782. The van der Waals surface area contributed by atoms with Crippen LogP contribution in [0.3, 0.4) is 0 Å². The van der Waals surface area contributed by atoms with Crippen LogP contribution in [0.2, 0.25) is 0 Å². The number of halogens is 1. The highest BCUT2D eigenvalue weighted by molar-refractivity contribution is 9.10. The Labute approximate surface area is 95.9 Å². The first-order chi connectivity index (χ1) is 7.22. The zero-order chi connectivity index (χ0) is 10.8. The first-order valence-electron chi connectivity index (χ1n) is 4.45. The maximum absolute atomic E-state index is 10.8. The second kappa shape index (κ2) is 3.98. The molecular formula is C11H9BrN2O. The monoisotopic (exact) mass is 264 g/mol. The molecule has 1 heterocycles. The molecule has 2 aromatic rings. The molecule has 0 radical (unpaired) electrons. The van der Waals surface area contributed by atoms with Crippen molar-refractivity contribution in [3.63, 3.8) is 0 Å². The van der Waals surface area contributed by atoms with E-state index in [1.165, 1.54) is 0 Å². The first kappa shape index (κ1) is 10.1. The lowest BCUT2D eigenvalue weighted by Crippen LogP contribution is -1.95. The predicted octanol–water partition coefficient (Wildman–Crippen LogP) is 2.66. The molecule has 0 fully saturated rings. The maximum Gasteiger partial charge on any atom is 0.153 e. The first-order valence-corrected chi connectivity index (χ1v) is 5.25. The highest BCUT2D eigenvalue weighted by Gasteiger charge is 2.09. The maximum atomic E-state index is 10.8. The number of hydrogen-bond donors (Lipinski definition) is 0. The standard InChI is InChI=1S/C11H9BrN2O/c1-14-11(9(7-15)6-13-14)8-3-2-4-10(12)5-8/h2-7H,1H3. The normalized spacial score (nSPS) is 10.3. The van der Waals surface area contributed by atoms with Crippen molar-refractivity contribution < 1.29 is 4.79 Å². The topological polar surface area (TPSA) is 34.9 Å². The van der Waals surface area contributed by atoms with Crippen molar-refractivity contribution in [1.29, 1.82) is 0 Å². The average Bonchev–Trinajstić information content (AvgIpc) is 2.59. The number of aldehydes is 1. The van der Waals surface area contributed by atoms with Crippen LogP contribution in [0, 0.1) is 0 Å². The van der Waals surface area contributed by atoms with Gasteiger partial charge in [-0.3, -0.25) is 9.48 Å². The van der Waals surface area contributed by atoms with E-state index in [1.54, 1.807) is 10.9 Å². The van der Waals surface area contributed by atoms with E-state index in [1.807, 2.05) is 31.3 Å². The molecule has 4 heteroatoms. The van der Waals surface area contributed by atoms with Crippen molar-refractivity contribution >= 4 is 22.2 Å². The molecule has 0 aliphatic heterocycles. The molecule has 3 nitrogen and oxygen atoms in total. The number of nitrogens with zero attached hydrogens (tertiary/aromatic N) is 2. The van der Waals surface area contributed by atoms with Gasteiger partial charge in [-0.2, -0.15) is 5.10 Å². The molecule has 0 unspecified atom stereocenters. The summed E-state index contributed by atoms with van der Waals surface area (Å²) in [6.07, 6.45) is 2.40. The van der Waals surface area contributed by atoms with Gasteiger partial charge in [0.2, 0.25) is 0 Å². The number of hydrogen-bond acceptors (Lipinski definition) is 2. The lowest BCUT2D eigenvalue weighted by Gasteiger charge is -2.03. The fourth-order valence-corrected chi connectivity index (χ4v) is 1.93. The van der Waals surface area contributed by atoms with Crippen molar-refractivity contribution in [2.75, 3.05) is 0 Å². The molecule has 2 rings (SSSR count). The average molecular weight is 265 g/mol. The van der Waals surface area contributed by atoms with Crippen LogP contribution in [-0.4, -0.2) is 16.1 Å². The largest absolute Gasteiger partial charge is 0.298 e. The van der Waals surface area contributed by atoms with Gasteiger partial charge >= 0.3 is 0 Å². The van der Waals surface area contributed by atoms with Gasteiger partial charge in [-0.1, -0.05) is 28.1 Å². The number of rotatable bonds is 2. The van der Waals surface area contributed by atoms with Crippen molar-refractivity contribution in [1.82, 2.24) is 9.78 Å². The summed E-state index contributed by atoms with van der Waals surface area (Å²) >= 11 is 3.40. The third-order valence-electron chi connectivity index (χ3n) is 2.19. The van der Waals surface area contributed by atoms with Gasteiger partial charge in [0, 0.05) is 17.1 Å². The Morgan fingerprint density at radius 1 is 1.47 bits per heavy atom. The van der Waals surface area contributed by atoms with Gasteiger partial charge in [0.15, 0.2) is 6.29 Å². The van der Waals surface area contributed by atoms with Gasteiger partial charge in [0.05, 0.1) is 17.5 Å². The highest BCUT2D eigenvalue weighted by Crippen LogP contribution is 2.24. The SMILES string of the molecule is Cn1ncc(C=O)c1-c1cccc(Br)c1. The Morgan fingerprint density at radius 2 is 2.27 bits per heavy atom. The van der Waals surface area contributed by atoms with E-state index in [2.05, 4.69) is 21.0 Å². The van der Waals surface area contributed by atoms with Gasteiger partial charge in [-0.25, -0.2) is 0 Å². The summed E-state index contributed by atoms with van der Waals surface area (Å²) in [6, 6.07) is 7.79. The van der Waals surface area contributed by atoms with E-state index < -0.39 is 0 Å². The molecule has 1 aromatic heterocycles. The van der Waals surface area contributed by atoms with Crippen LogP contribution in [0.15, 0.2) is 34.9 Å². The van der Waals surface area contributed by atoms with E-state index in [4.69, 9.17) is 0 Å². The Morgan fingerprint density at radius 3 is 2.93 bits per heavy atom. The van der Waals surface area contributed by atoms with Gasteiger partial charge in [-0.05, 0) is 12.1 Å². The summed E-state index contributed by atoms with van der Waals surface area (Å²) < 4.78 is 2.68.